The maximum Gasteiger partial charge on any atom is 0.150 e. The van der Waals surface area contributed by atoms with Crippen molar-refractivity contribution in [1.29, 1.82) is 0 Å². The first-order chi connectivity index (χ1) is 7.31. The van der Waals surface area contributed by atoms with Crippen LogP contribution in [0.2, 0.25) is 0 Å². The molecule has 0 aliphatic rings. The van der Waals surface area contributed by atoms with E-state index in [1.54, 1.807) is 17.2 Å². The van der Waals surface area contributed by atoms with Crippen LogP contribution in [-0.2, 0) is 4.79 Å². The van der Waals surface area contributed by atoms with Crippen LogP contribution >= 0.6 is 0 Å². The highest BCUT2D eigenvalue weighted by Gasteiger charge is 1.98. The van der Waals surface area contributed by atoms with E-state index in [0.29, 0.717) is 5.57 Å². The molecule has 0 aliphatic heterocycles. The van der Waals surface area contributed by atoms with Gasteiger partial charge < -0.3 is 0 Å². The van der Waals surface area contributed by atoms with E-state index in [2.05, 4.69) is 16.8 Å². The van der Waals surface area contributed by atoms with E-state index in [1.807, 2.05) is 24.3 Å². The molecule has 0 saturated heterocycles. The largest absolute Gasteiger partial charge is 0.298 e. The molecule has 0 unspecified atom stereocenters. The summed E-state index contributed by atoms with van der Waals surface area (Å²) in [4.78, 5) is 10.5. The third-order valence-corrected chi connectivity index (χ3v) is 2.10. The van der Waals surface area contributed by atoms with Gasteiger partial charge in [-0.1, -0.05) is 18.7 Å². The molecule has 0 spiro atoms. The molecule has 0 atom stereocenters. The highest BCUT2D eigenvalue weighted by molar-refractivity contribution is 6.05. The highest BCUT2D eigenvalue weighted by Crippen LogP contribution is 2.13. The molecule has 0 aliphatic carbocycles. The number of carbonyl (C=O) groups is 1. The summed E-state index contributed by atoms with van der Waals surface area (Å²) in [7, 11) is 0. The van der Waals surface area contributed by atoms with Crippen molar-refractivity contribution in [2.45, 2.75) is 0 Å². The van der Waals surface area contributed by atoms with Crippen LogP contribution < -0.4 is 0 Å². The molecule has 4 nitrogen and oxygen atoms in total. The highest BCUT2D eigenvalue weighted by atomic mass is 16.1. The van der Waals surface area contributed by atoms with Gasteiger partial charge in [-0.25, -0.2) is 0 Å². The molecule has 1 aromatic carbocycles. The van der Waals surface area contributed by atoms with Crippen LogP contribution in [-0.4, -0.2) is 21.1 Å². The topological polar surface area (TPSA) is 47.8 Å². The zero-order chi connectivity index (χ0) is 10.7. The van der Waals surface area contributed by atoms with Crippen LogP contribution in [0.3, 0.4) is 0 Å². The molecule has 2 aromatic rings. The summed E-state index contributed by atoms with van der Waals surface area (Å²) in [6.45, 7) is 3.64. The quantitative estimate of drug-likeness (QED) is 0.555. The normalized spacial score (nSPS) is 9.87. The fourth-order valence-electron chi connectivity index (χ4n) is 1.25. The van der Waals surface area contributed by atoms with Crippen molar-refractivity contribution >= 4 is 11.9 Å². The third kappa shape index (κ3) is 1.83. The Morgan fingerprint density at radius 1 is 1.20 bits per heavy atom. The Balaban J connectivity index is 2.32. The molecule has 1 aromatic heterocycles. The van der Waals surface area contributed by atoms with Gasteiger partial charge in [0, 0.05) is 11.3 Å². The average Bonchev–Trinajstić information content (AvgIpc) is 2.82. The Labute approximate surface area is 86.9 Å². The Morgan fingerprint density at radius 2 is 1.80 bits per heavy atom. The molecule has 74 valence electrons. The monoisotopic (exact) mass is 199 g/mol. The smallest absolute Gasteiger partial charge is 0.150 e. The molecule has 2 rings (SSSR count). The lowest BCUT2D eigenvalue weighted by atomic mass is 10.1. The molecule has 0 saturated carbocycles. The summed E-state index contributed by atoms with van der Waals surface area (Å²) in [5.74, 6) is 0. The van der Waals surface area contributed by atoms with Crippen LogP contribution in [0.5, 0.6) is 0 Å². The first-order valence-corrected chi connectivity index (χ1v) is 4.41. The SMILES string of the molecule is C=C(C=O)c1ccc(-n2cnnc2)cc1. The van der Waals surface area contributed by atoms with Gasteiger partial charge >= 0.3 is 0 Å². The van der Waals surface area contributed by atoms with Crippen molar-refractivity contribution in [2.24, 2.45) is 0 Å². The lowest BCUT2D eigenvalue weighted by molar-refractivity contribution is -0.103. The Bertz CT molecular complexity index is 471. The fourth-order valence-corrected chi connectivity index (χ4v) is 1.25. The standard InChI is InChI=1S/C11H9N3O/c1-9(6-15)10-2-4-11(5-3-10)14-7-12-13-8-14/h2-8H,1H2. The van der Waals surface area contributed by atoms with Crippen molar-refractivity contribution in [3.05, 3.63) is 49.1 Å². The summed E-state index contributed by atoms with van der Waals surface area (Å²) in [5.41, 5.74) is 2.24. The average molecular weight is 199 g/mol. The van der Waals surface area contributed by atoms with E-state index in [9.17, 15) is 4.79 Å². The molecule has 0 bridgehead atoms. The molecular formula is C11H9N3O. The lowest BCUT2D eigenvalue weighted by Crippen LogP contribution is -1.90. The van der Waals surface area contributed by atoms with Gasteiger partial charge in [0.05, 0.1) is 0 Å². The maximum atomic E-state index is 10.5. The number of nitrogens with zero attached hydrogens (tertiary/aromatic N) is 3. The first kappa shape index (κ1) is 9.33. The lowest BCUT2D eigenvalue weighted by Gasteiger charge is -2.02. The molecule has 1 heterocycles. The van der Waals surface area contributed by atoms with E-state index in [-0.39, 0.29) is 0 Å². The number of benzene rings is 1. The summed E-state index contributed by atoms with van der Waals surface area (Å²) >= 11 is 0. The van der Waals surface area contributed by atoms with Gasteiger partial charge in [-0.2, -0.15) is 0 Å². The van der Waals surface area contributed by atoms with Gasteiger partial charge in [0.1, 0.15) is 18.9 Å². The van der Waals surface area contributed by atoms with Gasteiger partial charge in [-0.15, -0.1) is 10.2 Å². The first-order valence-electron chi connectivity index (χ1n) is 4.41. The second-order valence-corrected chi connectivity index (χ2v) is 3.06. The van der Waals surface area contributed by atoms with Gasteiger partial charge in [0.15, 0.2) is 0 Å². The Morgan fingerprint density at radius 3 is 2.33 bits per heavy atom. The van der Waals surface area contributed by atoms with E-state index < -0.39 is 0 Å². The van der Waals surface area contributed by atoms with Crippen molar-refractivity contribution in [3.8, 4) is 5.69 Å². The number of hydrogen-bond acceptors (Lipinski definition) is 3. The van der Waals surface area contributed by atoms with E-state index in [1.165, 1.54) is 0 Å². The number of aldehydes is 1. The van der Waals surface area contributed by atoms with Crippen LogP contribution in [0.1, 0.15) is 5.56 Å². The second kappa shape index (κ2) is 3.88. The van der Waals surface area contributed by atoms with Gasteiger partial charge in [0.25, 0.3) is 0 Å². The molecule has 0 fully saturated rings. The Kier molecular flexibility index (Phi) is 2.41. The minimum atomic E-state index is 0.477. The van der Waals surface area contributed by atoms with Gasteiger partial charge in [-0.05, 0) is 17.7 Å². The number of allylic oxidation sites excluding steroid dienone is 1. The minimum Gasteiger partial charge on any atom is -0.298 e. The van der Waals surface area contributed by atoms with Gasteiger partial charge in [0.2, 0.25) is 0 Å². The summed E-state index contributed by atoms with van der Waals surface area (Å²) in [5, 5.41) is 7.42. The predicted octanol–water partition coefficient (Wildman–Crippen LogP) is 1.48. The molecule has 15 heavy (non-hydrogen) atoms. The van der Waals surface area contributed by atoms with Crippen LogP contribution in [0, 0.1) is 0 Å². The molecule has 0 amide bonds. The Hall–Kier alpha value is -2.23. The van der Waals surface area contributed by atoms with Crippen molar-refractivity contribution in [1.82, 2.24) is 14.8 Å². The summed E-state index contributed by atoms with van der Waals surface area (Å²) in [6.07, 6.45) is 3.97. The number of hydrogen-bond donors (Lipinski definition) is 0. The van der Waals surface area contributed by atoms with Gasteiger partial charge in [-0.3, -0.25) is 9.36 Å². The van der Waals surface area contributed by atoms with Crippen LogP contribution in [0.15, 0.2) is 43.5 Å². The summed E-state index contributed by atoms with van der Waals surface area (Å²) < 4.78 is 1.79. The predicted molar refractivity (Wildman–Crippen MR) is 56.5 cm³/mol. The van der Waals surface area contributed by atoms with Crippen LogP contribution in [0.4, 0.5) is 0 Å². The second-order valence-electron chi connectivity index (χ2n) is 3.06. The maximum absolute atomic E-state index is 10.5. The molecular weight excluding hydrogens is 190 g/mol. The zero-order valence-electron chi connectivity index (χ0n) is 8.00. The summed E-state index contributed by atoms with van der Waals surface area (Å²) in [6, 6.07) is 7.44. The van der Waals surface area contributed by atoms with Crippen molar-refractivity contribution < 1.29 is 4.79 Å². The molecule has 0 radical (unpaired) electrons. The van der Waals surface area contributed by atoms with E-state index in [0.717, 1.165) is 17.5 Å². The van der Waals surface area contributed by atoms with E-state index in [4.69, 9.17) is 0 Å². The number of carbonyl (C=O) groups excluding carboxylic acids is 1. The third-order valence-electron chi connectivity index (χ3n) is 2.10. The zero-order valence-corrected chi connectivity index (χ0v) is 8.00. The minimum absolute atomic E-state index is 0.477. The number of rotatable bonds is 3. The number of aromatic nitrogens is 3. The van der Waals surface area contributed by atoms with Crippen LogP contribution in [0.25, 0.3) is 11.3 Å². The van der Waals surface area contributed by atoms with Crippen molar-refractivity contribution in [3.63, 3.8) is 0 Å². The molecule has 0 N–H and O–H groups in total. The fraction of sp³-hybridized carbons (Fsp3) is 0. The van der Waals surface area contributed by atoms with E-state index >= 15 is 0 Å². The molecule has 4 heteroatoms. The van der Waals surface area contributed by atoms with Crippen molar-refractivity contribution in [2.75, 3.05) is 0 Å².